The summed E-state index contributed by atoms with van der Waals surface area (Å²) in [4.78, 5) is 13.4. The van der Waals surface area contributed by atoms with Crippen molar-refractivity contribution < 1.29 is 9.18 Å². The molecule has 0 aromatic heterocycles. The lowest BCUT2D eigenvalue weighted by atomic mass is 10.2. The van der Waals surface area contributed by atoms with E-state index in [0.717, 1.165) is 18.5 Å². The summed E-state index contributed by atoms with van der Waals surface area (Å²) in [6.07, 6.45) is 0.972. The zero-order valence-corrected chi connectivity index (χ0v) is 12.3. The molecular formula is C13H18BrFN2O. The summed E-state index contributed by atoms with van der Waals surface area (Å²) in [5.41, 5.74) is 0.987. The van der Waals surface area contributed by atoms with E-state index < -0.39 is 0 Å². The van der Waals surface area contributed by atoms with Gasteiger partial charge in [-0.3, -0.25) is 9.69 Å². The number of likely N-dealkylation sites (N-methyl/N-ethyl adjacent to an activating group) is 1. The lowest BCUT2D eigenvalue weighted by Crippen LogP contribution is -2.35. The van der Waals surface area contributed by atoms with Crippen LogP contribution >= 0.6 is 15.9 Å². The molecule has 3 nitrogen and oxygen atoms in total. The zero-order valence-electron chi connectivity index (χ0n) is 10.7. The predicted octanol–water partition coefficient (Wildman–Crippen LogP) is 2.55. The molecule has 0 aliphatic heterocycles. The van der Waals surface area contributed by atoms with Crippen LogP contribution in [0.3, 0.4) is 0 Å². The van der Waals surface area contributed by atoms with E-state index in [9.17, 15) is 9.18 Å². The number of nitrogens with one attached hydrogen (secondary N) is 1. The highest BCUT2D eigenvalue weighted by molar-refractivity contribution is 9.10. The van der Waals surface area contributed by atoms with Gasteiger partial charge in [0, 0.05) is 13.6 Å². The van der Waals surface area contributed by atoms with Crippen molar-refractivity contribution in [2.45, 2.75) is 19.9 Å². The Labute approximate surface area is 115 Å². The van der Waals surface area contributed by atoms with Crippen LogP contribution in [-0.4, -0.2) is 30.9 Å². The van der Waals surface area contributed by atoms with Crippen LogP contribution in [0.25, 0.3) is 0 Å². The van der Waals surface area contributed by atoms with E-state index in [4.69, 9.17) is 0 Å². The van der Waals surface area contributed by atoms with Gasteiger partial charge < -0.3 is 5.32 Å². The minimum atomic E-state index is -0.271. The van der Waals surface area contributed by atoms with Crippen molar-refractivity contribution >= 4 is 21.8 Å². The summed E-state index contributed by atoms with van der Waals surface area (Å²) >= 11 is 3.17. The topological polar surface area (TPSA) is 32.3 Å². The molecule has 1 N–H and O–H groups in total. The number of nitrogens with zero attached hydrogens (tertiary/aromatic N) is 1. The number of rotatable bonds is 6. The Morgan fingerprint density at radius 1 is 1.50 bits per heavy atom. The van der Waals surface area contributed by atoms with Crippen molar-refractivity contribution in [3.8, 4) is 0 Å². The molecule has 0 bridgehead atoms. The van der Waals surface area contributed by atoms with Crippen LogP contribution in [0.1, 0.15) is 18.9 Å². The first-order chi connectivity index (χ1) is 8.56. The van der Waals surface area contributed by atoms with E-state index in [0.29, 0.717) is 17.6 Å². The minimum absolute atomic E-state index is 0.00960. The van der Waals surface area contributed by atoms with Crippen LogP contribution < -0.4 is 5.32 Å². The molecule has 1 amide bonds. The highest BCUT2D eigenvalue weighted by atomic mass is 79.9. The van der Waals surface area contributed by atoms with Crippen molar-refractivity contribution in [1.29, 1.82) is 0 Å². The number of amides is 1. The van der Waals surface area contributed by atoms with Gasteiger partial charge in [-0.1, -0.05) is 13.0 Å². The molecule has 0 aliphatic rings. The molecule has 100 valence electrons. The Hall–Kier alpha value is -0.940. The fourth-order valence-corrected chi connectivity index (χ4v) is 2.13. The van der Waals surface area contributed by atoms with Crippen LogP contribution in [0, 0.1) is 5.82 Å². The quantitative estimate of drug-likeness (QED) is 0.874. The van der Waals surface area contributed by atoms with Gasteiger partial charge in [-0.25, -0.2) is 4.39 Å². The second kappa shape index (κ2) is 7.48. The van der Waals surface area contributed by atoms with Crippen molar-refractivity contribution in [2.75, 3.05) is 20.1 Å². The summed E-state index contributed by atoms with van der Waals surface area (Å²) in [6, 6.07) is 4.93. The maximum absolute atomic E-state index is 13.1. The molecule has 0 heterocycles. The highest BCUT2D eigenvalue weighted by Gasteiger charge is 2.10. The van der Waals surface area contributed by atoms with E-state index in [1.54, 1.807) is 19.2 Å². The van der Waals surface area contributed by atoms with Crippen LogP contribution in [0.15, 0.2) is 22.7 Å². The van der Waals surface area contributed by atoms with Gasteiger partial charge in [0.2, 0.25) is 5.91 Å². The molecule has 0 saturated carbocycles. The molecular weight excluding hydrogens is 299 g/mol. The van der Waals surface area contributed by atoms with Gasteiger partial charge in [0.05, 0.1) is 11.0 Å². The zero-order chi connectivity index (χ0) is 13.5. The number of carbonyl (C=O) groups is 1. The average Bonchev–Trinajstić information content (AvgIpc) is 2.34. The second-order valence-corrected chi connectivity index (χ2v) is 4.99. The maximum Gasteiger partial charge on any atom is 0.233 e. The third-order valence-electron chi connectivity index (χ3n) is 2.58. The van der Waals surface area contributed by atoms with Crippen molar-refractivity contribution in [3.63, 3.8) is 0 Å². The molecule has 0 fully saturated rings. The lowest BCUT2D eigenvalue weighted by molar-refractivity contribution is -0.121. The second-order valence-electron chi connectivity index (χ2n) is 4.13. The number of halogens is 2. The molecule has 0 atom stereocenters. The maximum atomic E-state index is 13.1. The standard InChI is InChI=1S/C13H18BrFN2O/c1-3-6-17(9-13(18)16-2)8-10-4-5-12(15)11(14)7-10/h4-5,7H,3,6,8-9H2,1-2H3,(H,16,18). The monoisotopic (exact) mass is 316 g/mol. The fraction of sp³-hybridized carbons (Fsp3) is 0.462. The molecule has 0 spiro atoms. The molecule has 1 aromatic carbocycles. The summed E-state index contributed by atoms with van der Waals surface area (Å²) in [7, 11) is 1.63. The van der Waals surface area contributed by atoms with Gasteiger partial charge >= 0.3 is 0 Å². The highest BCUT2D eigenvalue weighted by Crippen LogP contribution is 2.18. The largest absolute Gasteiger partial charge is 0.358 e. The van der Waals surface area contributed by atoms with Crippen molar-refractivity contribution in [2.24, 2.45) is 0 Å². The van der Waals surface area contributed by atoms with E-state index in [1.807, 2.05) is 4.90 Å². The third-order valence-corrected chi connectivity index (χ3v) is 3.18. The first-order valence-electron chi connectivity index (χ1n) is 5.93. The van der Waals surface area contributed by atoms with Gasteiger partial charge in [0.15, 0.2) is 0 Å². The first kappa shape index (κ1) is 15.1. The molecule has 5 heteroatoms. The number of benzene rings is 1. The summed E-state index contributed by atoms with van der Waals surface area (Å²) in [5, 5.41) is 2.61. The summed E-state index contributed by atoms with van der Waals surface area (Å²) < 4.78 is 13.6. The van der Waals surface area contributed by atoms with Gasteiger partial charge in [-0.2, -0.15) is 0 Å². The van der Waals surface area contributed by atoms with E-state index >= 15 is 0 Å². The smallest absolute Gasteiger partial charge is 0.233 e. The normalized spacial score (nSPS) is 10.7. The molecule has 1 aromatic rings. The number of hydrogen-bond donors (Lipinski definition) is 1. The SMILES string of the molecule is CCCN(CC(=O)NC)Cc1ccc(F)c(Br)c1. The van der Waals surface area contributed by atoms with E-state index in [-0.39, 0.29) is 11.7 Å². The molecule has 0 saturated heterocycles. The van der Waals surface area contributed by atoms with Crippen LogP contribution in [0.4, 0.5) is 4.39 Å². The number of carbonyl (C=O) groups excluding carboxylic acids is 1. The Bertz CT molecular complexity index is 412. The molecule has 0 aliphatic carbocycles. The summed E-state index contributed by atoms with van der Waals surface area (Å²) in [6.45, 7) is 3.90. The van der Waals surface area contributed by atoms with E-state index in [2.05, 4.69) is 28.2 Å². The Morgan fingerprint density at radius 3 is 2.78 bits per heavy atom. The van der Waals surface area contributed by atoms with Crippen molar-refractivity contribution in [1.82, 2.24) is 10.2 Å². The molecule has 0 radical (unpaired) electrons. The average molecular weight is 317 g/mol. The third kappa shape index (κ3) is 4.74. The molecule has 18 heavy (non-hydrogen) atoms. The van der Waals surface area contributed by atoms with E-state index in [1.165, 1.54) is 6.07 Å². The Balaban J connectivity index is 2.69. The van der Waals surface area contributed by atoms with Crippen LogP contribution in [0.5, 0.6) is 0 Å². The minimum Gasteiger partial charge on any atom is -0.358 e. The molecule has 0 unspecified atom stereocenters. The van der Waals surface area contributed by atoms with Gasteiger partial charge in [-0.05, 0) is 46.6 Å². The Kier molecular flexibility index (Phi) is 6.29. The van der Waals surface area contributed by atoms with Gasteiger partial charge in [-0.15, -0.1) is 0 Å². The first-order valence-corrected chi connectivity index (χ1v) is 6.73. The van der Waals surface area contributed by atoms with Crippen molar-refractivity contribution in [3.05, 3.63) is 34.1 Å². The van der Waals surface area contributed by atoms with Crippen LogP contribution in [-0.2, 0) is 11.3 Å². The lowest BCUT2D eigenvalue weighted by Gasteiger charge is -2.20. The van der Waals surface area contributed by atoms with Crippen LogP contribution in [0.2, 0.25) is 0 Å². The Morgan fingerprint density at radius 2 is 2.22 bits per heavy atom. The van der Waals surface area contributed by atoms with Gasteiger partial charge in [0.25, 0.3) is 0 Å². The van der Waals surface area contributed by atoms with Gasteiger partial charge in [0.1, 0.15) is 5.82 Å². The summed E-state index contributed by atoms with van der Waals surface area (Å²) in [5.74, 6) is -0.281. The number of hydrogen-bond acceptors (Lipinski definition) is 2. The molecule has 1 rings (SSSR count). The fourth-order valence-electron chi connectivity index (χ4n) is 1.71. The predicted molar refractivity (Wildman–Crippen MR) is 73.7 cm³/mol.